The van der Waals surface area contributed by atoms with Gasteiger partial charge in [0.1, 0.15) is 5.75 Å². The van der Waals surface area contributed by atoms with Gasteiger partial charge in [0, 0.05) is 5.56 Å². The zero-order chi connectivity index (χ0) is 8.97. The number of carbonyl (C=O) groups excluding carboxylic acids is 1. The Kier molecular flexibility index (Phi) is 2.66. The number of aromatic hydroxyl groups is 1. The second-order valence-electron chi connectivity index (χ2n) is 2.41. The highest BCUT2D eigenvalue weighted by Gasteiger charge is 2.01. The molecule has 1 aromatic rings. The number of amides is 1. The number of hydrogen-bond donors (Lipinski definition) is 2. The van der Waals surface area contributed by atoms with Gasteiger partial charge in [0.15, 0.2) is 0 Å². The van der Waals surface area contributed by atoms with Crippen molar-refractivity contribution in [2.45, 2.75) is 6.54 Å². The van der Waals surface area contributed by atoms with E-state index in [9.17, 15) is 9.90 Å². The minimum Gasteiger partial charge on any atom is -0.508 e. The second kappa shape index (κ2) is 3.73. The zero-order valence-corrected chi connectivity index (χ0v) is 6.47. The molecule has 0 aliphatic heterocycles. The normalized spacial score (nSPS) is 9.42. The van der Waals surface area contributed by atoms with Crippen molar-refractivity contribution < 1.29 is 9.90 Å². The Hall–Kier alpha value is -1.55. The summed E-state index contributed by atoms with van der Waals surface area (Å²) in [6.45, 7) is 0.218. The summed E-state index contributed by atoms with van der Waals surface area (Å²) in [6, 6.07) is 6.74. The Morgan fingerprint density at radius 2 is 2.17 bits per heavy atom. The highest BCUT2D eigenvalue weighted by molar-refractivity contribution is 5.46. The fourth-order valence-corrected chi connectivity index (χ4v) is 0.878. The Balaban J connectivity index is 2.75. The third-order valence-electron chi connectivity index (χ3n) is 1.48. The molecule has 0 bridgehead atoms. The van der Waals surface area contributed by atoms with Gasteiger partial charge in [-0.3, -0.25) is 9.80 Å². The average Bonchev–Trinajstić information content (AvgIpc) is 2.09. The maximum atomic E-state index is 10.1. The number of nitrogens with two attached hydrogens (primary N) is 1. The van der Waals surface area contributed by atoms with Crippen LogP contribution in [-0.4, -0.2) is 16.5 Å². The molecule has 4 heteroatoms. The molecule has 0 saturated carbocycles. The van der Waals surface area contributed by atoms with Crippen LogP contribution in [-0.2, 0) is 11.3 Å². The van der Waals surface area contributed by atoms with E-state index in [1.165, 1.54) is 0 Å². The standard InChI is InChI=1S/C8H10N2O2/c9-10(6-11)5-7-3-1-2-4-8(7)12/h1-4,6,12H,5,9H2. The Bertz CT molecular complexity index is 276. The third-order valence-corrected chi connectivity index (χ3v) is 1.48. The van der Waals surface area contributed by atoms with E-state index in [4.69, 9.17) is 5.84 Å². The molecular weight excluding hydrogens is 156 g/mol. The van der Waals surface area contributed by atoms with Gasteiger partial charge in [-0.25, -0.2) is 5.84 Å². The molecule has 0 atom stereocenters. The van der Waals surface area contributed by atoms with Crippen LogP contribution < -0.4 is 5.84 Å². The monoisotopic (exact) mass is 166 g/mol. The molecule has 0 fully saturated rings. The molecule has 0 saturated heterocycles. The minimum absolute atomic E-state index is 0.148. The van der Waals surface area contributed by atoms with E-state index >= 15 is 0 Å². The van der Waals surface area contributed by atoms with Crippen molar-refractivity contribution in [3.8, 4) is 5.75 Å². The fraction of sp³-hybridized carbons (Fsp3) is 0.125. The fourth-order valence-electron chi connectivity index (χ4n) is 0.878. The van der Waals surface area contributed by atoms with Gasteiger partial charge >= 0.3 is 0 Å². The number of phenols is 1. The number of hydrazine groups is 1. The van der Waals surface area contributed by atoms with Gasteiger partial charge in [-0.05, 0) is 6.07 Å². The summed E-state index contributed by atoms with van der Waals surface area (Å²) in [5.74, 6) is 5.38. The SMILES string of the molecule is NN(C=O)Cc1ccccc1O. The van der Waals surface area contributed by atoms with Gasteiger partial charge in [0.25, 0.3) is 0 Å². The number of hydrogen-bond acceptors (Lipinski definition) is 3. The molecule has 0 unspecified atom stereocenters. The quantitative estimate of drug-likeness (QED) is 0.292. The summed E-state index contributed by atoms with van der Waals surface area (Å²) < 4.78 is 0. The summed E-state index contributed by atoms with van der Waals surface area (Å²) in [5, 5.41) is 10.2. The van der Waals surface area contributed by atoms with E-state index in [1.54, 1.807) is 24.3 Å². The lowest BCUT2D eigenvalue weighted by Crippen LogP contribution is -2.28. The van der Waals surface area contributed by atoms with Crippen LogP contribution in [0.2, 0.25) is 0 Å². The molecular formula is C8H10N2O2. The first-order valence-corrected chi connectivity index (χ1v) is 3.47. The van der Waals surface area contributed by atoms with Crippen LogP contribution in [0.4, 0.5) is 0 Å². The Morgan fingerprint density at radius 1 is 1.50 bits per heavy atom. The molecule has 0 radical (unpaired) electrons. The van der Waals surface area contributed by atoms with E-state index in [0.29, 0.717) is 12.0 Å². The van der Waals surface area contributed by atoms with Crippen LogP contribution in [0, 0.1) is 0 Å². The summed E-state index contributed by atoms with van der Waals surface area (Å²) in [7, 11) is 0. The summed E-state index contributed by atoms with van der Waals surface area (Å²) in [6.07, 6.45) is 0.506. The molecule has 1 aromatic carbocycles. The largest absolute Gasteiger partial charge is 0.508 e. The number of nitrogens with zero attached hydrogens (tertiary/aromatic N) is 1. The van der Waals surface area contributed by atoms with E-state index in [-0.39, 0.29) is 12.3 Å². The predicted octanol–water partition coefficient (Wildman–Crippen LogP) is 0.224. The van der Waals surface area contributed by atoms with Crippen molar-refractivity contribution in [2.24, 2.45) is 5.84 Å². The lowest BCUT2D eigenvalue weighted by molar-refractivity contribution is -0.118. The first-order valence-electron chi connectivity index (χ1n) is 3.47. The highest BCUT2D eigenvalue weighted by Crippen LogP contribution is 2.15. The number of benzene rings is 1. The van der Waals surface area contributed by atoms with Crippen LogP contribution in [0.15, 0.2) is 24.3 Å². The molecule has 0 aliphatic rings. The van der Waals surface area contributed by atoms with E-state index in [1.807, 2.05) is 0 Å². The second-order valence-corrected chi connectivity index (χ2v) is 2.41. The van der Waals surface area contributed by atoms with E-state index in [0.717, 1.165) is 5.01 Å². The molecule has 1 amide bonds. The first-order chi connectivity index (χ1) is 5.74. The number of carbonyl (C=O) groups is 1. The van der Waals surface area contributed by atoms with Gasteiger partial charge in [0.2, 0.25) is 6.41 Å². The molecule has 4 nitrogen and oxygen atoms in total. The molecule has 0 heterocycles. The smallest absolute Gasteiger partial charge is 0.223 e. The van der Waals surface area contributed by atoms with Crippen LogP contribution in [0.3, 0.4) is 0 Å². The van der Waals surface area contributed by atoms with Gasteiger partial charge in [-0.2, -0.15) is 0 Å². The summed E-state index contributed by atoms with van der Waals surface area (Å²) in [4.78, 5) is 10.1. The molecule has 12 heavy (non-hydrogen) atoms. The van der Waals surface area contributed by atoms with Gasteiger partial charge in [-0.1, -0.05) is 18.2 Å². The molecule has 0 aromatic heterocycles. The summed E-state index contributed by atoms with van der Waals surface area (Å²) in [5.41, 5.74) is 0.632. The van der Waals surface area contributed by atoms with Gasteiger partial charge < -0.3 is 5.11 Å². The van der Waals surface area contributed by atoms with Crippen LogP contribution >= 0.6 is 0 Å². The van der Waals surface area contributed by atoms with E-state index < -0.39 is 0 Å². The maximum absolute atomic E-state index is 10.1. The zero-order valence-electron chi connectivity index (χ0n) is 6.47. The van der Waals surface area contributed by atoms with Gasteiger partial charge in [0.05, 0.1) is 6.54 Å². The van der Waals surface area contributed by atoms with Crippen LogP contribution in [0.1, 0.15) is 5.56 Å². The average molecular weight is 166 g/mol. The van der Waals surface area contributed by atoms with Crippen molar-refractivity contribution in [1.82, 2.24) is 5.01 Å². The van der Waals surface area contributed by atoms with Crippen molar-refractivity contribution >= 4 is 6.41 Å². The lowest BCUT2D eigenvalue weighted by Gasteiger charge is -2.10. The van der Waals surface area contributed by atoms with E-state index in [2.05, 4.69) is 0 Å². The number of phenolic OH excluding ortho intramolecular Hbond substituents is 1. The topological polar surface area (TPSA) is 66.6 Å². The van der Waals surface area contributed by atoms with Crippen molar-refractivity contribution in [1.29, 1.82) is 0 Å². The van der Waals surface area contributed by atoms with Crippen molar-refractivity contribution in [3.63, 3.8) is 0 Å². The number of para-hydroxylation sites is 1. The van der Waals surface area contributed by atoms with Crippen molar-refractivity contribution in [3.05, 3.63) is 29.8 Å². The molecule has 0 aliphatic carbocycles. The maximum Gasteiger partial charge on any atom is 0.223 e. The minimum atomic E-state index is 0.148. The highest BCUT2D eigenvalue weighted by atomic mass is 16.3. The number of rotatable bonds is 3. The third kappa shape index (κ3) is 1.96. The Labute approximate surface area is 70.2 Å². The van der Waals surface area contributed by atoms with Crippen molar-refractivity contribution in [2.75, 3.05) is 0 Å². The first kappa shape index (κ1) is 8.55. The molecule has 64 valence electrons. The Morgan fingerprint density at radius 3 is 2.75 bits per heavy atom. The summed E-state index contributed by atoms with van der Waals surface area (Å²) >= 11 is 0. The molecule has 0 spiro atoms. The van der Waals surface area contributed by atoms with Gasteiger partial charge in [-0.15, -0.1) is 0 Å². The van der Waals surface area contributed by atoms with Crippen LogP contribution in [0.5, 0.6) is 5.75 Å². The molecule has 3 N–H and O–H groups in total. The lowest BCUT2D eigenvalue weighted by atomic mass is 10.2. The van der Waals surface area contributed by atoms with Crippen LogP contribution in [0.25, 0.3) is 0 Å². The molecule has 1 rings (SSSR count). The predicted molar refractivity (Wildman–Crippen MR) is 43.9 cm³/mol.